The highest BCUT2D eigenvalue weighted by atomic mass is 19.1. The predicted molar refractivity (Wildman–Crippen MR) is 72.6 cm³/mol. The highest BCUT2D eigenvalue weighted by Crippen LogP contribution is 2.10. The second-order valence-electron chi connectivity index (χ2n) is 4.76. The molecule has 0 bridgehead atoms. The summed E-state index contributed by atoms with van der Waals surface area (Å²) in [6.07, 6.45) is 0.579. The third-order valence-electron chi connectivity index (χ3n) is 3.21. The van der Waals surface area contributed by atoms with Crippen LogP contribution in [0.25, 0.3) is 0 Å². The highest BCUT2D eigenvalue weighted by molar-refractivity contribution is 5.82. The van der Waals surface area contributed by atoms with Gasteiger partial charge in [0.2, 0.25) is 0 Å². The van der Waals surface area contributed by atoms with Crippen molar-refractivity contribution in [2.24, 2.45) is 5.92 Å². The number of carboxylic acid groups (broad SMARTS) is 1. The fraction of sp³-hybridized carbons (Fsp3) is 0.429. The SMILES string of the molecule is CCC(C)[C@H](NC(=O)NCc1cc(F)ccc1F)C(=O)O. The van der Waals surface area contributed by atoms with Crippen LogP contribution in [0.4, 0.5) is 13.6 Å². The van der Waals surface area contributed by atoms with Crippen molar-refractivity contribution < 1.29 is 23.5 Å². The quantitative estimate of drug-likeness (QED) is 0.754. The molecular formula is C14H18F2N2O3. The summed E-state index contributed by atoms with van der Waals surface area (Å²) < 4.78 is 26.3. The maximum Gasteiger partial charge on any atom is 0.326 e. The number of halogens is 2. The molecule has 7 heteroatoms. The molecule has 0 aromatic heterocycles. The van der Waals surface area contributed by atoms with E-state index < -0.39 is 29.7 Å². The molecule has 5 nitrogen and oxygen atoms in total. The minimum atomic E-state index is -1.14. The minimum absolute atomic E-state index is 0.0134. The Balaban J connectivity index is 2.61. The first-order chi connectivity index (χ1) is 9.85. The molecule has 0 heterocycles. The Morgan fingerprint density at radius 1 is 1.33 bits per heavy atom. The van der Waals surface area contributed by atoms with Gasteiger partial charge in [-0.2, -0.15) is 0 Å². The number of hydrogen-bond acceptors (Lipinski definition) is 2. The fourth-order valence-electron chi connectivity index (χ4n) is 1.73. The molecule has 0 radical (unpaired) electrons. The second kappa shape index (κ2) is 7.56. The monoisotopic (exact) mass is 300 g/mol. The Morgan fingerprint density at radius 2 is 2.00 bits per heavy atom. The fourth-order valence-corrected chi connectivity index (χ4v) is 1.73. The first kappa shape index (κ1) is 16.9. The van der Waals surface area contributed by atoms with Crippen LogP contribution in [-0.2, 0) is 11.3 Å². The van der Waals surface area contributed by atoms with Crippen molar-refractivity contribution >= 4 is 12.0 Å². The van der Waals surface area contributed by atoms with E-state index in [1.54, 1.807) is 6.92 Å². The second-order valence-corrected chi connectivity index (χ2v) is 4.76. The summed E-state index contributed by atoms with van der Waals surface area (Å²) in [4.78, 5) is 22.7. The van der Waals surface area contributed by atoms with Crippen LogP contribution < -0.4 is 10.6 Å². The molecule has 0 aliphatic rings. The zero-order valence-electron chi connectivity index (χ0n) is 11.8. The van der Waals surface area contributed by atoms with Gasteiger partial charge < -0.3 is 15.7 Å². The summed E-state index contributed by atoms with van der Waals surface area (Å²) in [5, 5.41) is 13.7. The average Bonchev–Trinajstić information content (AvgIpc) is 2.44. The lowest BCUT2D eigenvalue weighted by Crippen LogP contribution is -2.48. The van der Waals surface area contributed by atoms with E-state index in [1.165, 1.54) is 0 Å². The molecule has 0 aliphatic carbocycles. The number of carbonyl (C=O) groups excluding carboxylic acids is 1. The molecule has 0 saturated carbocycles. The first-order valence-corrected chi connectivity index (χ1v) is 6.56. The van der Waals surface area contributed by atoms with Crippen molar-refractivity contribution in [3.05, 3.63) is 35.4 Å². The van der Waals surface area contributed by atoms with Crippen molar-refractivity contribution in [3.63, 3.8) is 0 Å². The van der Waals surface area contributed by atoms with E-state index >= 15 is 0 Å². The van der Waals surface area contributed by atoms with Crippen LogP contribution in [0, 0.1) is 17.6 Å². The number of carbonyl (C=O) groups is 2. The molecule has 1 rings (SSSR count). The summed E-state index contributed by atoms with van der Waals surface area (Å²) in [7, 11) is 0. The van der Waals surface area contributed by atoms with Crippen molar-refractivity contribution in [1.82, 2.24) is 10.6 Å². The summed E-state index contributed by atoms with van der Waals surface area (Å²) in [6, 6.07) is 1.13. The van der Waals surface area contributed by atoms with Gasteiger partial charge in [0.1, 0.15) is 17.7 Å². The average molecular weight is 300 g/mol. The molecule has 1 aromatic carbocycles. The molecule has 0 saturated heterocycles. The van der Waals surface area contributed by atoms with Crippen LogP contribution in [0.15, 0.2) is 18.2 Å². The number of aliphatic carboxylic acids is 1. The van der Waals surface area contributed by atoms with Gasteiger partial charge in [-0.3, -0.25) is 0 Å². The van der Waals surface area contributed by atoms with Gasteiger partial charge in [0.25, 0.3) is 0 Å². The zero-order valence-corrected chi connectivity index (χ0v) is 11.8. The van der Waals surface area contributed by atoms with E-state index in [9.17, 15) is 18.4 Å². The number of hydrogen-bond donors (Lipinski definition) is 3. The summed E-state index contributed by atoms with van der Waals surface area (Å²) in [6.45, 7) is 3.27. The van der Waals surface area contributed by atoms with Gasteiger partial charge >= 0.3 is 12.0 Å². The normalized spacial score (nSPS) is 13.3. The number of nitrogens with one attached hydrogen (secondary N) is 2. The van der Waals surface area contributed by atoms with Crippen molar-refractivity contribution in [3.8, 4) is 0 Å². The van der Waals surface area contributed by atoms with Crippen LogP contribution in [0.5, 0.6) is 0 Å². The van der Waals surface area contributed by atoms with E-state index in [1.807, 2.05) is 6.92 Å². The third-order valence-corrected chi connectivity index (χ3v) is 3.21. The lowest BCUT2D eigenvalue weighted by molar-refractivity contribution is -0.140. The predicted octanol–water partition coefficient (Wildman–Crippen LogP) is 2.26. The van der Waals surface area contributed by atoms with Crippen LogP contribution in [-0.4, -0.2) is 23.1 Å². The summed E-state index contributed by atoms with van der Waals surface area (Å²) in [5.41, 5.74) is -0.0134. The van der Waals surface area contributed by atoms with E-state index in [0.717, 1.165) is 18.2 Å². The number of carboxylic acids is 1. The van der Waals surface area contributed by atoms with Crippen molar-refractivity contribution in [1.29, 1.82) is 0 Å². The molecule has 0 fully saturated rings. The lowest BCUT2D eigenvalue weighted by atomic mass is 9.99. The first-order valence-electron chi connectivity index (χ1n) is 6.56. The number of rotatable bonds is 6. The molecule has 1 aromatic rings. The maximum absolute atomic E-state index is 13.4. The molecule has 21 heavy (non-hydrogen) atoms. The van der Waals surface area contributed by atoms with E-state index in [0.29, 0.717) is 6.42 Å². The Morgan fingerprint density at radius 3 is 2.57 bits per heavy atom. The Labute approximate surface area is 121 Å². The Hall–Kier alpha value is -2.18. The molecule has 2 atom stereocenters. The topological polar surface area (TPSA) is 78.4 Å². The molecule has 0 aliphatic heterocycles. The van der Waals surface area contributed by atoms with Gasteiger partial charge in [0.05, 0.1) is 0 Å². The van der Waals surface area contributed by atoms with Crippen LogP contribution >= 0.6 is 0 Å². The Bertz CT molecular complexity index is 523. The standard InChI is InChI=1S/C14H18F2N2O3/c1-3-8(2)12(13(19)20)18-14(21)17-7-9-6-10(15)4-5-11(9)16/h4-6,8,12H,3,7H2,1-2H3,(H,19,20)(H2,17,18,21)/t8?,12-/m0/s1. The number of urea groups is 1. The largest absolute Gasteiger partial charge is 0.480 e. The molecular weight excluding hydrogens is 282 g/mol. The molecule has 2 amide bonds. The number of amides is 2. The highest BCUT2D eigenvalue weighted by Gasteiger charge is 2.25. The lowest BCUT2D eigenvalue weighted by Gasteiger charge is -2.20. The van der Waals surface area contributed by atoms with E-state index in [4.69, 9.17) is 5.11 Å². The van der Waals surface area contributed by atoms with Crippen molar-refractivity contribution in [2.75, 3.05) is 0 Å². The van der Waals surface area contributed by atoms with Gasteiger partial charge in [0, 0.05) is 12.1 Å². The van der Waals surface area contributed by atoms with Crippen LogP contribution in [0.1, 0.15) is 25.8 Å². The third kappa shape index (κ3) is 5.02. The van der Waals surface area contributed by atoms with Gasteiger partial charge in [-0.25, -0.2) is 18.4 Å². The Kier molecular flexibility index (Phi) is 6.08. The van der Waals surface area contributed by atoms with Crippen LogP contribution in [0.3, 0.4) is 0 Å². The number of benzene rings is 1. The van der Waals surface area contributed by atoms with Gasteiger partial charge in [-0.05, 0) is 24.1 Å². The zero-order chi connectivity index (χ0) is 16.0. The maximum atomic E-state index is 13.4. The molecule has 3 N–H and O–H groups in total. The van der Waals surface area contributed by atoms with Gasteiger partial charge in [-0.15, -0.1) is 0 Å². The van der Waals surface area contributed by atoms with E-state index in [2.05, 4.69) is 10.6 Å². The summed E-state index contributed by atoms with van der Waals surface area (Å²) >= 11 is 0. The van der Waals surface area contributed by atoms with Gasteiger partial charge in [-0.1, -0.05) is 20.3 Å². The molecule has 0 spiro atoms. The van der Waals surface area contributed by atoms with Gasteiger partial charge in [0.15, 0.2) is 0 Å². The van der Waals surface area contributed by atoms with E-state index in [-0.39, 0.29) is 18.0 Å². The minimum Gasteiger partial charge on any atom is -0.480 e. The smallest absolute Gasteiger partial charge is 0.326 e. The van der Waals surface area contributed by atoms with Crippen molar-refractivity contribution in [2.45, 2.75) is 32.9 Å². The molecule has 116 valence electrons. The molecule has 1 unspecified atom stereocenters. The van der Waals surface area contributed by atoms with Crippen LogP contribution in [0.2, 0.25) is 0 Å². The summed E-state index contributed by atoms with van der Waals surface area (Å²) in [5.74, 6) is -2.65.